The van der Waals surface area contributed by atoms with Gasteiger partial charge in [0.15, 0.2) is 0 Å². The van der Waals surface area contributed by atoms with Gasteiger partial charge in [-0.2, -0.15) is 0 Å². The number of esters is 1. The molecule has 0 aromatic carbocycles. The van der Waals surface area contributed by atoms with E-state index in [4.69, 9.17) is 15.2 Å². The minimum absolute atomic E-state index is 0.00880. The molecule has 3 heterocycles. The lowest BCUT2D eigenvalue weighted by Gasteiger charge is -2.55. The Morgan fingerprint density at radius 3 is 2.82 bits per heavy atom. The molecule has 2 aliphatic heterocycles. The zero-order valence-corrected chi connectivity index (χ0v) is 15.8. The van der Waals surface area contributed by atoms with Gasteiger partial charge in [-0.3, -0.25) is 14.5 Å². The highest BCUT2D eigenvalue weighted by Crippen LogP contribution is 2.41. The van der Waals surface area contributed by atoms with Gasteiger partial charge in [0.25, 0.3) is 5.91 Å². The summed E-state index contributed by atoms with van der Waals surface area (Å²) in [7, 11) is 1.33. The molecule has 150 valence electrons. The van der Waals surface area contributed by atoms with Crippen LogP contribution in [0.1, 0.15) is 17.7 Å². The molecule has 0 aliphatic carbocycles. The Hall–Kier alpha value is -2.92. The molecule has 1 aromatic heterocycles. The van der Waals surface area contributed by atoms with Gasteiger partial charge in [-0.15, -0.1) is 11.3 Å². The lowest BCUT2D eigenvalue weighted by Crippen LogP contribution is -2.81. The molecule has 0 radical (unpaired) electrons. The van der Waals surface area contributed by atoms with Crippen LogP contribution < -0.4 is 11.1 Å². The first-order valence-corrected chi connectivity index (χ1v) is 9.28. The lowest BCUT2D eigenvalue weighted by molar-refractivity contribution is -0.206. The number of hydrogen-bond donors (Lipinski definition) is 2. The molecule has 0 saturated carbocycles. The number of nitrogens with one attached hydrogen (secondary N) is 1. The highest BCUT2D eigenvalue weighted by molar-refractivity contribution is 7.10. The third-order valence-electron chi connectivity index (χ3n) is 4.52. The number of primary amides is 1. The predicted octanol–water partition coefficient (Wildman–Crippen LogP) is 0.234. The molecule has 3 rings (SSSR count). The lowest BCUT2D eigenvalue weighted by atomic mass is 9.82. The van der Waals surface area contributed by atoms with Crippen LogP contribution in [0, 0.1) is 0 Å². The van der Waals surface area contributed by atoms with Gasteiger partial charge in [0, 0.05) is 12.0 Å². The average molecular weight is 409 g/mol. The van der Waals surface area contributed by atoms with Crippen molar-refractivity contribution in [3.05, 3.63) is 34.2 Å². The summed E-state index contributed by atoms with van der Waals surface area (Å²) in [5.41, 5.74) is 3.28. The summed E-state index contributed by atoms with van der Waals surface area (Å²) >= 11 is 1.44. The van der Waals surface area contributed by atoms with Gasteiger partial charge in [-0.25, -0.2) is 9.59 Å². The molecule has 1 aromatic rings. The van der Waals surface area contributed by atoms with Crippen molar-refractivity contribution in [1.29, 1.82) is 0 Å². The maximum absolute atomic E-state index is 12.8. The summed E-state index contributed by atoms with van der Waals surface area (Å²) in [4.78, 5) is 50.1. The van der Waals surface area contributed by atoms with E-state index in [2.05, 4.69) is 10.1 Å². The zero-order valence-electron chi connectivity index (χ0n) is 15.0. The van der Waals surface area contributed by atoms with Crippen LogP contribution in [0.4, 0.5) is 4.79 Å². The first kappa shape index (κ1) is 19.8. The van der Waals surface area contributed by atoms with Gasteiger partial charge in [0.05, 0.1) is 12.5 Å². The summed E-state index contributed by atoms with van der Waals surface area (Å²) in [6.07, 6.45) is 1.55. The number of β-lactam (4-membered cyclic amide) rings is 1. The smallest absolute Gasteiger partial charge is 0.407 e. The van der Waals surface area contributed by atoms with Gasteiger partial charge < -0.3 is 25.3 Å². The molecular weight excluding hydrogens is 390 g/mol. The second-order valence-corrected chi connectivity index (χ2v) is 7.15. The standard InChI is InChI=1S/C17H19N3O7S/c1-25-17(19-13(21)8-10-4-3-7-28-10)12-6-2-5-11(20(12)15(17)23)14(22)26-9-27-16(18)24/h3-5,7,12H,2,6,8-9H2,1H3,(H2,18,24)(H,19,21)/t12-,17+/m0/s1. The number of rotatable bonds is 7. The Kier molecular flexibility index (Phi) is 5.66. The van der Waals surface area contributed by atoms with E-state index in [1.807, 2.05) is 17.5 Å². The third kappa shape index (κ3) is 3.58. The number of fused-ring (bicyclic) bond motifs is 1. The van der Waals surface area contributed by atoms with Crippen LogP contribution in [0.25, 0.3) is 0 Å². The highest BCUT2D eigenvalue weighted by Gasteiger charge is 2.65. The molecular formula is C17H19N3O7S. The van der Waals surface area contributed by atoms with E-state index >= 15 is 0 Å². The molecule has 11 heteroatoms. The van der Waals surface area contributed by atoms with Gasteiger partial charge >= 0.3 is 12.1 Å². The maximum Gasteiger partial charge on any atom is 0.407 e. The van der Waals surface area contributed by atoms with E-state index in [9.17, 15) is 19.2 Å². The average Bonchev–Trinajstić information content (AvgIpc) is 3.17. The second kappa shape index (κ2) is 7.98. The van der Waals surface area contributed by atoms with Crippen molar-refractivity contribution in [3.63, 3.8) is 0 Å². The van der Waals surface area contributed by atoms with Crippen LogP contribution in [0.5, 0.6) is 0 Å². The Morgan fingerprint density at radius 2 is 2.18 bits per heavy atom. The number of allylic oxidation sites excluding steroid dienone is 1. The number of carbonyl (C=O) groups excluding carboxylic acids is 4. The van der Waals surface area contributed by atoms with E-state index in [0.29, 0.717) is 12.8 Å². The number of amides is 3. The van der Waals surface area contributed by atoms with Crippen LogP contribution in [-0.2, 0) is 35.0 Å². The number of ether oxygens (including phenoxy) is 3. The monoisotopic (exact) mass is 409 g/mol. The fourth-order valence-electron chi connectivity index (χ4n) is 3.30. The number of thiophene rings is 1. The molecule has 0 bridgehead atoms. The number of nitrogens with two attached hydrogens (primary N) is 1. The molecule has 3 N–H and O–H groups in total. The summed E-state index contributed by atoms with van der Waals surface area (Å²) in [6.45, 7) is -0.662. The van der Waals surface area contributed by atoms with Crippen LogP contribution in [0.2, 0.25) is 0 Å². The topological polar surface area (TPSA) is 137 Å². The normalized spacial score (nSPS) is 23.2. The fourth-order valence-corrected chi connectivity index (χ4v) is 4.00. The van der Waals surface area contributed by atoms with E-state index in [1.54, 1.807) is 6.08 Å². The summed E-state index contributed by atoms with van der Waals surface area (Å²) in [5, 5.41) is 4.53. The van der Waals surface area contributed by atoms with Gasteiger partial charge in [-0.1, -0.05) is 12.1 Å². The number of carbonyl (C=O) groups is 4. The van der Waals surface area contributed by atoms with Crippen molar-refractivity contribution in [2.75, 3.05) is 13.9 Å². The minimum atomic E-state index is -1.53. The van der Waals surface area contributed by atoms with Gasteiger partial charge in [0.2, 0.25) is 18.4 Å². The minimum Gasteiger partial charge on any atom is -0.423 e. The van der Waals surface area contributed by atoms with Crippen LogP contribution in [0.15, 0.2) is 29.3 Å². The molecule has 2 aliphatic rings. The molecule has 3 amide bonds. The Bertz CT molecular complexity index is 823. The molecule has 0 spiro atoms. The van der Waals surface area contributed by atoms with Crippen molar-refractivity contribution in [2.24, 2.45) is 5.73 Å². The Labute approximate surface area is 164 Å². The van der Waals surface area contributed by atoms with Gasteiger partial charge in [-0.05, 0) is 24.3 Å². The van der Waals surface area contributed by atoms with E-state index < -0.39 is 36.5 Å². The van der Waals surface area contributed by atoms with Crippen molar-refractivity contribution < 1.29 is 33.4 Å². The summed E-state index contributed by atoms with van der Waals surface area (Å²) in [6, 6.07) is 3.10. The predicted molar refractivity (Wildman–Crippen MR) is 95.5 cm³/mol. The quantitative estimate of drug-likeness (QED) is 0.374. The van der Waals surface area contributed by atoms with Crippen molar-refractivity contribution in [2.45, 2.75) is 31.0 Å². The third-order valence-corrected chi connectivity index (χ3v) is 5.39. The molecule has 1 fully saturated rings. The fraction of sp³-hybridized carbons (Fsp3) is 0.412. The molecule has 2 atom stereocenters. The SMILES string of the molecule is CO[C@@]1(NC(=O)Cc2cccs2)C(=O)N2C(C(=O)OCOC(N)=O)=CCC[C@H]21. The summed E-state index contributed by atoms with van der Waals surface area (Å²) in [5.74, 6) is -1.77. The van der Waals surface area contributed by atoms with E-state index in [1.165, 1.54) is 23.3 Å². The van der Waals surface area contributed by atoms with Crippen molar-refractivity contribution in [3.8, 4) is 0 Å². The first-order valence-electron chi connectivity index (χ1n) is 8.40. The first-order chi connectivity index (χ1) is 13.4. The number of nitrogens with zero attached hydrogens (tertiary/aromatic N) is 1. The zero-order chi connectivity index (χ0) is 20.3. The van der Waals surface area contributed by atoms with Gasteiger partial charge in [0.1, 0.15) is 5.70 Å². The molecule has 10 nitrogen and oxygen atoms in total. The van der Waals surface area contributed by atoms with E-state index in [-0.39, 0.29) is 18.0 Å². The second-order valence-electron chi connectivity index (χ2n) is 6.11. The number of methoxy groups -OCH3 is 1. The number of hydrogen-bond acceptors (Lipinski definition) is 8. The Balaban J connectivity index is 1.68. The molecule has 0 unspecified atom stereocenters. The Morgan fingerprint density at radius 1 is 1.39 bits per heavy atom. The van der Waals surface area contributed by atoms with E-state index in [0.717, 1.165) is 4.88 Å². The van der Waals surface area contributed by atoms with Crippen molar-refractivity contribution in [1.82, 2.24) is 10.2 Å². The van der Waals surface area contributed by atoms with Crippen LogP contribution in [0.3, 0.4) is 0 Å². The van der Waals surface area contributed by atoms with Crippen LogP contribution in [-0.4, -0.2) is 54.4 Å². The largest absolute Gasteiger partial charge is 0.423 e. The highest BCUT2D eigenvalue weighted by atomic mass is 32.1. The van der Waals surface area contributed by atoms with Crippen molar-refractivity contribution >= 4 is 35.2 Å². The molecule has 28 heavy (non-hydrogen) atoms. The summed E-state index contributed by atoms with van der Waals surface area (Å²) < 4.78 is 14.6. The maximum atomic E-state index is 12.8. The molecule has 1 saturated heterocycles. The van der Waals surface area contributed by atoms with Crippen LogP contribution >= 0.6 is 11.3 Å².